The van der Waals surface area contributed by atoms with E-state index in [4.69, 9.17) is 5.11 Å². The molecule has 1 heterocycles. The molecule has 0 amide bonds. The van der Waals surface area contributed by atoms with Gasteiger partial charge in [-0.1, -0.05) is 6.92 Å². The van der Waals surface area contributed by atoms with Crippen LogP contribution in [0.3, 0.4) is 0 Å². The van der Waals surface area contributed by atoms with E-state index in [2.05, 4.69) is 5.10 Å². The van der Waals surface area contributed by atoms with Crippen molar-refractivity contribution in [3.8, 4) is 0 Å². The monoisotopic (exact) mass is 225 g/mol. The number of rotatable bonds is 5. The number of aromatic nitrogens is 2. The molecule has 5 heteroatoms. The SMILES string of the molecule is CC(C(=O)O)C(C)N(C)Cc1cnn(C)c1. The van der Waals surface area contributed by atoms with Crippen molar-refractivity contribution in [3.63, 3.8) is 0 Å². The molecule has 2 atom stereocenters. The minimum Gasteiger partial charge on any atom is -0.481 e. The van der Waals surface area contributed by atoms with Gasteiger partial charge < -0.3 is 5.11 Å². The molecule has 0 aliphatic carbocycles. The van der Waals surface area contributed by atoms with Gasteiger partial charge in [0.05, 0.1) is 12.1 Å². The van der Waals surface area contributed by atoms with Gasteiger partial charge in [0, 0.05) is 31.4 Å². The molecule has 1 rings (SSSR count). The molecule has 0 aliphatic rings. The molecule has 0 bridgehead atoms. The van der Waals surface area contributed by atoms with Crippen LogP contribution < -0.4 is 0 Å². The second-order valence-corrected chi connectivity index (χ2v) is 4.30. The fraction of sp³-hybridized carbons (Fsp3) is 0.636. The van der Waals surface area contributed by atoms with E-state index >= 15 is 0 Å². The van der Waals surface area contributed by atoms with Crippen molar-refractivity contribution in [2.24, 2.45) is 13.0 Å². The maximum absolute atomic E-state index is 10.9. The van der Waals surface area contributed by atoms with Crippen LogP contribution in [-0.4, -0.2) is 38.8 Å². The number of hydrogen-bond acceptors (Lipinski definition) is 3. The van der Waals surface area contributed by atoms with Gasteiger partial charge in [0.15, 0.2) is 0 Å². The summed E-state index contributed by atoms with van der Waals surface area (Å²) in [5.74, 6) is -1.13. The van der Waals surface area contributed by atoms with Crippen molar-refractivity contribution in [1.29, 1.82) is 0 Å². The first-order valence-electron chi connectivity index (χ1n) is 5.32. The fourth-order valence-electron chi connectivity index (χ4n) is 1.57. The highest BCUT2D eigenvalue weighted by molar-refractivity contribution is 5.70. The number of aryl methyl sites for hydroxylation is 1. The van der Waals surface area contributed by atoms with E-state index in [1.54, 1.807) is 17.8 Å². The third-order valence-corrected chi connectivity index (χ3v) is 3.00. The number of hydrogen-bond donors (Lipinski definition) is 1. The Kier molecular flexibility index (Phi) is 4.06. The summed E-state index contributed by atoms with van der Waals surface area (Å²) in [7, 11) is 3.80. The first kappa shape index (κ1) is 12.7. The Morgan fingerprint density at radius 2 is 2.25 bits per heavy atom. The smallest absolute Gasteiger partial charge is 0.307 e. The van der Waals surface area contributed by atoms with Gasteiger partial charge in [-0.15, -0.1) is 0 Å². The average molecular weight is 225 g/mol. The summed E-state index contributed by atoms with van der Waals surface area (Å²) >= 11 is 0. The van der Waals surface area contributed by atoms with Crippen LogP contribution in [0.4, 0.5) is 0 Å². The molecule has 0 aromatic carbocycles. The Hall–Kier alpha value is -1.36. The highest BCUT2D eigenvalue weighted by Crippen LogP contribution is 2.12. The molecule has 5 nitrogen and oxygen atoms in total. The van der Waals surface area contributed by atoms with Gasteiger partial charge in [0.2, 0.25) is 0 Å². The molecule has 16 heavy (non-hydrogen) atoms. The quantitative estimate of drug-likeness (QED) is 0.811. The van der Waals surface area contributed by atoms with Gasteiger partial charge in [-0.3, -0.25) is 14.4 Å². The van der Waals surface area contributed by atoms with E-state index < -0.39 is 5.97 Å². The Morgan fingerprint density at radius 3 is 2.69 bits per heavy atom. The van der Waals surface area contributed by atoms with Crippen molar-refractivity contribution in [2.75, 3.05) is 7.05 Å². The van der Waals surface area contributed by atoms with Gasteiger partial charge in [-0.2, -0.15) is 5.10 Å². The van der Waals surface area contributed by atoms with Gasteiger partial charge in [-0.05, 0) is 14.0 Å². The lowest BCUT2D eigenvalue weighted by Gasteiger charge is -2.27. The largest absolute Gasteiger partial charge is 0.481 e. The molecule has 0 spiro atoms. The normalized spacial score (nSPS) is 15.1. The van der Waals surface area contributed by atoms with Gasteiger partial charge in [0.25, 0.3) is 0 Å². The van der Waals surface area contributed by atoms with E-state index in [-0.39, 0.29) is 12.0 Å². The van der Waals surface area contributed by atoms with Crippen LogP contribution in [0.15, 0.2) is 12.4 Å². The van der Waals surface area contributed by atoms with Crippen LogP contribution in [-0.2, 0) is 18.4 Å². The molecule has 0 saturated carbocycles. The zero-order valence-electron chi connectivity index (χ0n) is 10.2. The second kappa shape index (κ2) is 5.12. The maximum Gasteiger partial charge on any atom is 0.307 e. The maximum atomic E-state index is 10.9. The molecule has 0 fully saturated rings. The minimum absolute atomic E-state index is 0.00212. The van der Waals surface area contributed by atoms with Crippen LogP contribution in [0.1, 0.15) is 19.4 Å². The van der Waals surface area contributed by atoms with E-state index in [0.29, 0.717) is 6.54 Å². The molecule has 0 saturated heterocycles. The highest BCUT2D eigenvalue weighted by atomic mass is 16.4. The molecule has 0 radical (unpaired) electrons. The summed E-state index contributed by atoms with van der Waals surface area (Å²) in [6, 6.07) is -0.00212. The molecule has 0 aliphatic heterocycles. The Labute approximate surface area is 95.7 Å². The topological polar surface area (TPSA) is 58.4 Å². The lowest BCUT2D eigenvalue weighted by Crippen LogP contribution is -2.37. The Balaban J connectivity index is 2.58. The van der Waals surface area contributed by atoms with Crippen LogP contribution >= 0.6 is 0 Å². The Morgan fingerprint density at radius 1 is 1.62 bits per heavy atom. The number of carbonyl (C=O) groups is 1. The lowest BCUT2D eigenvalue weighted by molar-refractivity contribution is -0.143. The molecule has 1 aromatic rings. The number of aliphatic carboxylic acids is 1. The average Bonchev–Trinajstić information content (AvgIpc) is 2.61. The summed E-state index contributed by atoms with van der Waals surface area (Å²) in [4.78, 5) is 12.9. The van der Waals surface area contributed by atoms with E-state index in [0.717, 1.165) is 5.56 Å². The lowest BCUT2D eigenvalue weighted by atomic mass is 10.0. The summed E-state index contributed by atoms with van der Waals surface area (Å²) < 4.78 is 1.74. The van der Waals surface area contributed by atoms with Crippen molar-refractivity contribution in [1.82, 2.24) is 14.7 Å². The number of carboxylic acid groups (broad SMARTS) is 1. The van der Waals surface area contributed by atoms with Crippen LogP contribution in [0.2, 0.25) is 0 Å². The minimum atomic E-state index is -0.759. The summed E-state index contributed by atoms with van der Waals surface area (Å²) in [6.45, 7) is 4.37. The Bertz CT molecular complexity index is 362. The third-order valence-electron chi connectivity index (χ3n) is 3.00. The van der Waals surface area contributed by atoms with Crippen molar-refractivity contribution in [3.05, 3.63) is 18.0 Å². The summed E-state index contributed by atoms with van der Waals surface area (Å²) in [5, 5.41) is 13.0. The molecule has 1 aromatic heterocycles. The second-order valence-electron chi connectivity index (χ2n) is 4.30. The first-order valence-corrected chi connectivity index (χ1v) is 5.32. The first-order chi connectivity index (χ1) is 7.41. The van der Waals surface area contributed by atoms with E-state index in [1.807, 2.05) is 32.1 Å². The van der Waals surface area contributed by atoms with Gasteiger partial charge in [-0.25, -0.2) is 0 Å². The molecule has 2 unspecified atom stereocenters. The zero-order valence-corrected chi connectivity index (χ0v) is 10.2. The van der Waals surface area contributed by atoms with E-state index in [9.17, 15) is 4.79 Å². The molecule has 1 N–H and O–H groups in total. The van der Waals surface area contributed by atoms with Crippen molar-refractivity contribution < 1.29 is 9.90 Å². The third kappa shape index (κ3) is 3.06. The fourth-order valence-corrected chi connectivity index (χ4v) is 1.57. The van der Waals surface area contributed by atoms with Crippen LogP contribution in [0.25, 0.3) is 0 Å². The predicted octanol–water partition coefficient (Wildman–Crippen LogP) is 0.961. The van der Waals surface area contributed by atoms with Crippen molar-refractivity contribution in [2.45, 2.75) is 26.4 Å². The van der Waals surface area contributed by atoms with Gasteiger partial charge >= 0.3 is 5.97 Å². The summed E-state index contributed by atoms with van der Waals surface area (Å²) in [6.07, 6.45) is 3.74. The number of carboxylic acids is 1. The van der Waals surface area contributed by atoms with Crippen LogP contribution in [0.5, 0.6) is 0 Å². The predicted molar refractivity (Wildman–Crippen MR) is 60.9 cm³/mol. The van der Waals surface area contributed by atoms with Crippen LogP contribution in [0, 0.1) is 5.92 Å². The van der Waals surface area contributed by atoms with E-state index in [1.165, 1.54) is 0 Å². The van der Waals surface area contributed by atoms with Crippen molar-refractivity contribution >= 4 is 5.97 Å². The highest BCUT2D eigenvalue weighted by Gasteiger charge is 2.23. The number of nitrogens with zero attached hydrogens (tertiary/aromatic N) is 3. The summed E-state index contributed by atoms with van der Waals surface area (Å²) in [5.41, 5.74) is 1.09. The zero-order chi connectivity index (χ0) is 12.3. The molecular weight excluding hydrogens is 206 g/mol. The van der Waals surface area contributed by atoms with Gasteiger partial charge in [0.1, 0.15) is 0 Å². The molecule has 90 valence electrons. The molecular formula is C11H19N3O2. The standard InChI is InChI=1S/C11H19N3O2/c1-8(11(15)16)9(2)13(3)6-10-5-12-14(4)7-10/h5,7-9H,6H2,1-4H3,(H,15,16).